The van der Waals surface area contributed by atoms with Gasteiger partial charge in [-0.3, -0.25) is 4.79 Å². The van der Waals surface area contributed by atoms with Gasteiger partial charge in [0.1, 0.15) is 5.75 Å². The lowest BCUT2D eigenvalue weighted by Crippen LogP contribution is -2.26. The molecule has 1 unspecified atom stereocenters. The van der Waals surface area contributed by atoms with E-state index in [1.807, 2.05) is 19.1 Å². The van der Waals surface area contributed by atoms with Gasteiger partial charge < -0.3 is 10.1 Å². The second kappa shape index (κ2) is 6.61. The van der Waals surface area contributed by atoms with Crippen LogP contribution in [-0.4, -0.2) is 13.0 Å². The van der Waals surface area contributed by atoms with Crippen LogP contribution in [0.1, 0.15) is 28.2 Å². The molecule has 0 aliphatic heterocycles. The number of carbonyl (C=O) groups excluding carboxylic acids is 1. The van der Waals surface area contributed by atoms with Crippen LogP contribution in [0.3, 0.4) is 0 Å². The molecule has 2 rings (SSSR count). The molecule has 0 saturated heterocycles. The Morgan fingerprint density at radius 2 is 2.15 bits per heavy atom. The van der Waals surface area contributed by atoms with Crippen LogP contribution in [0.15, 0.2) is 34.8 Å². The number of carbonyl (C=O) groups is 1. The van der Waals surface area contributed by atoms with E-state index in [0.29, 0.717) is 15.6 Å². The van der Waals surface area contributed by atoms with Crippen LogP contribution in [0.5, 0.6) is 5.75 Å². The quantitative estimate of drug-likeness (QED) is 0.845. The minimum atomic E-state index is -0.134. The molecular formula is C14H13BrClNO2S. The van der Waals surface area contributed by atoms with E-state index < -0.39 is 0 Å². The fourth-order valence-electron chi connectivity index (χ4n) is 1.72. The van der Waals surface area contributed by atoms with E-state index >= 15 is 0 Å². The van der Waals surface area contributed by atoms with Crippen molar-refractivity contribution >= 4 is 44.8 Å². The maximum Gasteiger partial charge on any atom is 0.251 e. The molecule has 0 fully saturated rings. The molecular weight excluding hydrogens is 362 g/mol. The van der Waals surface area contributed by atoms with Gasteiger partial charge in [0.2, 0.25) is 0 Å². The molecule has 20 heavy (non-hydrogen) atoms. The van der Waals surface area contributed by atoms with Gasteiger partial charge in [-0.15, -0.1) is 11.3 Å². The number of nitrogens with one attached hydrogen (secondary N) is 1. The first-order valence-corrected chi connectivity index (χ1v) is 7.89. The van der Waals surface area contributed by atoms with Crippen molar-refractivity contribution in [2.45, 2.75) is 13.0 Å². The average molecular weight is 375 g/mol. The van der Waals surface area contributed by atoms with Crippen molar-refractivity contribution in [3.63, 3.8) is 0 Å². The first-order chi connectivity index (χ1) is 9.51. The largest absolute Gasteiger partial charge is 0.496 e. The number of hydrogen-bond donors (Lipinski definition) is 1. The van der Waals surface area contributed by atoms with Crippen molar-refractivity contribution in [3.05, 3.63) is 49.6 Å². The van der Waals surface area contributed by atoms with Crippen LogP contribution in [0.25, 0.3) is 0 Å². The normalized spacial score (nSPS) is 12.0. The zero-order chi connectivity index (χ0) is 14.7. The van der Waals surface area contributed by atoms with Gasteiger partial charge in [-0.2, -0.15) is 0 Å². The Morgan fingerprint density at radius 1 is 1.40 bits per heavy atom. The monoisotopic (exact) mass is 373 g/mol. The molecule has 0 bridgehead atoms. The molecule has 0 saturated carbocycles. The van der Waals surface area contributed by atoms with Crippen LogP contribution < -0.4 is 10.1 Å². The molecule has 0 radical (unpaired) electrons. The topological polar surface area (TPSA) is 38.3 Å². The number of methoxy groups -OCH3 is 1. The number of thiophene rings is 1. The zero-order valence-corrected chi connectivity index (χ0v) is 14.1. The van der Waals surface area contributed by atoms with Crippen LogP contribution in [0.4, 0.5) is 0 Å². The molecule has 6 heteroatoms. The minimum absolute atomic E-state index is 0.0825. The van der Waals surface area contributed by atoms with Gasteiger partial charge in [-0.1, -0.05) is 11.6 Å². The van der Waals surface area contributed by atoms with Crippen molar-refractivity contribution < 1.29 is 9.53 Å². The number of rotatable bonds is 4. The summed E-state index contributed by atoms with van der Waals surface area (Å²) in [5.74, 6) is 0.560. The van der Waals surface area contributed by atoms with Gasteiger partial charge in [0.05, 0.1) is 22.0 Å². The van der Waals surface area contributed by atoms with E-state index in [9.17, 15) is 4.79 Å². The van der Waals surface area contributed by atoms with Crippen molar-refractivity contribution in [2.24, 2.45) is 0 Å². The third-order valence-corrected chi connectivity index (χ3v) is 4.82. The molecule has 1 amide bonds. The third kappa shape index (κ3) is 3.53. The van der Waals surface area contributed by atoms with Gasteiger partial charge in [-0.25, -0.2) is 0 Å². The van der Waals surface area contributed by atoms with E-state index in [0.717, 1.165) is 9.35 Å². The Labute approximate surface area is 135 Å². The summed E-state index contributed by atoms with van der Waals surface area (Å²) >= 11 is 10.7. The van der Waals surface area contributed by atoms with Crippen molar-refractivity contribution in [1.82, 2.24) is 5.32 Å². The zero-order valence-electron chi connectivity index (χ0n) is 10.9. The Kier molecular flexibility index (Phi) is 5.07. The summed E-state index contributed by atoms with van der Waals surface area (Å²) in [5, 5.41) is 2.94. The van der Waals surface area contributed by atoms with Crippen molar-refractivity contribution in [3.8, 4) is 5.75 Å². The van der Waals surface area contributed by atoms with Crippen LogP contribution >= 0.6 is 38.9 Å². The minimum Gasteiger partial charge on any atom is -0.496 e. The predicted molar refractivity (Wildman–Crippen MR) is 85.9 cm³/mol. The summed E-state index contributed by atoms with van der Waals surface area (Å²) in [6.07, 6.45) is 0. The fraction of sp³-hybridized carbons (Fsp3) is 0.214. The lowest BCUT2D eigenvalue weighted by Gasteiger charge is -2.13. The lowest BCUT2D eigenvalue weighted by molar-refractivity contribution is 0.0940. The number of amides is 1. The second-order valence-electron chi connectivity index (χ2n) is 4.19. The standard InChI is InChI=1S/C14H13BrClNO2S/c1-8(12-5-6-13(16)20-12)17-14(18)9-3-4-11(19-2)10(15)7-9/h3-8H,1-2H3,(H,17,18). The smallest absolute Gasteiger partial charge is 0.251 e. The molecule has 2 aromatic rings. The molecule has 1 heterocycles. The summed E-state index contributed by atoms with van der Waals surface area (Å²) in [4.78, 5) is 13.2. The Morgan fingerprint density at radius 3 is 2.70 bits per heavy atom. The Bertz CT molecular complexity index is 629. The summed E-state index contributed by atoms with van der Waals surface area (Å²) < 4.78 is 6.61. The predicted octanol–water partition coefficient (Wildman–Crippen LogP) is 4.66. The van der Waals surface area contributed by atoms with E-state index in [1.54, 1.807) is 25.3 Å². The molecule has 0 spiro atoms. The highest BCUT2D eigenvalue weighted by atomic mass is 79.9. The third-order valence-electron chi connectivity index (χ3n) is 2.78. The Hall–Kier alpha value is -1.04. The van der Waals surface area contributed by atoms with Crippen LogP contribution in [-0.2, 0) is 0 Å². The Balaban J connectivity index is 2.10. The van der Waals surface area contributed by atoms with E-state index in [2.05, 4.69) is 21.2 Å². The van der Waals surface area contributed by atoms with Gasteiger partial charge >= 0.3 is 0 Å². The summed E-state index contributed by atoms with van der Waals surface area (Å²) in [6.45, 7) is 1.93. The van der Waals surface area contributed by atoms with Crippen LogP contribution in [0.2, 0.25) is 4.34 Å². The summed E-state index contributed by atoms with van der Waals surface area (Å²) in [7, 11) is 1.59. The first kappa shape index (κ1) is 15.4. The molecule has 106 valence electrons. The summed E-state index contributed by atoms with van der Waals surface area (Å²) in [6, 6.07) is 8.89. The molecule has 1 N–H and O–H groups in total. The van der Waals surface area contributed by atoms with Gasteiger partial charge in [-0.05, 0) is 53.2 Å². The van der Waals surface area contributed by atoms with E-state index in [1.165, 1.54) is 11.3 Å². The van der Waals surface area contributed by atoms with Crippen LogP contribution in [0, 0.1) is 0 Å². The maximum atomic E-state index is 12.2. The molecule has 0 aliphatic rings. The molecule has 0 aliphatic carbocycles. The average Bonchev–Trinajstić information content (AvgIpc) is 2.85. The molecule has 3 nitrogen and oxygen atoms in total. The molecule has 1 atom stereocenters. The van der Waals surface area contributed by atoms with Gasteiger partial charge in [0, 0.05) is 10.4 Å². The highest BCUT2D eigenvalue weighted by molar-refractivity contribution is 9.10. The fourth-order valence-corrected chi connectivity index (χ4v) is 3.32. The number of ether oxygens (including phenoxy) is 1. The van der Waals surface area contributed by atoms with Crippen molar-refractivity contribution in [1.29, 1.82) is 0 Å². The number of benzene rings is 1. The number of halogens is 2. The van der Waals surface area contributed by atoms with Gasteiger partial charge in [0.15, 0.2) is 0 Å². The highest BCUT2D eigenvalue weighted by Crippen LogP contribution is 2.28. The first-order valence-electron chi connectivity index (χ1n) is 5.91. The van der Waals surface area contributed by atoms with Gasteiger partial charge in [0.25, 0.3) is 5.91 Å². The number of hydrogen-bond acceptors (Lipinski definition) is 3. The maximum absolute atomic E-state index is 12.2. The SMILES string of the molecule is COc1ccc(C(=O)NC(C)c2ccc(Cl)s2)cc1Br. The molecule has 1 aromatic carbocycles. The highest BCUT2D eigenvalue weighted by Gasteiger charge is 2.14. The van der Waals surface area contributed by atoms with E-state index in [-0.39, 0.29) is 11.9 Å². The molecule has 1 aromatic heterocycles. The van der Waals surface area contributed by atoms with Crippen molar-refractivity contribution in [2.75, 3.05) is 7.11 Å². The summed E-state index contributed by atoms with van der Waals surface area (Å²) in [5.41, 5.74) is 0.576. The second-order valence-corrected chi connectivity index (χ2v) is 6.79. The van der Waals surface area contributed by atoms with E-state index in [4.69, 9.17) is 16.3 Å². The lowest BCUT2D eigenvalue weighted by atomic mass is 10.2.